The van der Waals surface area contributed by atoms with Gasteiger partial charge in [-0.15, -0.1) is 0 Å². The first-order chi connectivity index (χ1) is 10.2. The Hall–Kier alpha value is -1.23. The molecule has 6 heteroatoms. The molecule has 1 aliphatic rings. The van der Waals surface area contributed by atoms with E-state index >= 15 is 0 Å². The van der Waals surface area contributed by atoms with Gasteiger partial charge >= 0.3 is 12.1 Å². The highest BCUT2D eigenvalue weighted by atomic mass is 35.5. The Balaban J connectivity index is 2.71. The number of nitrogens with zero attached hydrogens (tertiary/aromatic N) is 1. The molecule has 22 heavy (non-hydrogen) atoms. The van der Waals surface area contributed by atoms with Crippen molar-refractivity contribution < 1.29 is 19.1 Å². The fourth-order valence-corrected chi connectivity index (χ4v) is 2.61. The van der Waals surface area contributed by atoms with Crippen LogP contribution in [0.15, 0.2) is 11.1 Å². The molecule has 1 rings (SSSR count). The van der Waals surface area contributed by atoms with Gasteiger partial charge in [-0.3, -0.25) is 0 Å². The second-order valence-corrected chi connectivity index (χ2v) is 6.88. The first kappa shape index (κ1) is 18.8. The van der Waals surface area contributed by atoms with E-state index in [2.05, 4.69) is 0 Å². The van der Waals surface area contributed by atoms with Crippen LogP contribution in [-0.2, 0) is 14.3 Å². The maximum absolute atomic E-state index is 12.3. The van der Waals surface area contributed by atoms with Gasteiger partial charge in [-0.25, -0.2) is 9.59 Å². The molecule has 5 nitrogen and oxygen atoms in total. The fraction of sp³-hybridized carbons (Fsp3) is 0.750. The Kier molecular flexibility index (Phi) is 6.72. The minimum absolute atomic E-state index is 0.00646. The third-order valence-corrected chi connectivity index (χ3v) is 3.74. The maximum atomic E-state index is 12.3. The number of rotatable bonds is 4. The lowest BCUT2D eigenvalue weighted by atomic mass is 10.1. The predicted octanol–water partition coefficient (Wildman–Crippen LogP) is 3.85. The quantitative estimate of drug-likeness (QED) is 0.580. The highest BCUT2D eigenvalue weighted by Crippen LogP contribution is 2.29. The molecule has 0 aromatic heterocycles. The van der Waals surface area contributed by atoms with E-state index in [9.17, 15) is 9.59 Å². The molecule has 1 fully saturated rings. The number of amides is 1. The minimum atomic E-state index is -0.529. The zero-order valence-electron chi connectivity index (χ0n) is 14.0. The molecular weight excluding hydrogens is 306 g/mol. The average molecular weight is 332 g/mol. The summed E-state index contributed by atoms with van der Waals surface area (Å²) in [5, 5.41) is 0.0607. The van der Waals surface area contributed by atoms with Crippen LogP contribution in [0.4, 0.5) is 4.79 Å². The topological polar surface area (TPSA) is 55.8 Å². The molecule has 1 heterocycles. The Morgan fingerprint density at radius 1 is 1.32 bits per heavy atom. The highest BCUT2D eigenvalue weighted by Gasteiger charge is 2.36. The van der Waals surface area contributed by atoms with E-state index in [1.165, 1.54) is 0 Å². The zero-order valence-corrected chi connectivity index (χ0v) is 14.8. The zero-order chi connectivity index (χ0) is 16.9. The van der Waals surface area contributed by atoms with E-state index < -0.39 is 11.6 Å². The van der Waals surface area contributed by atoms with Crippen LogP contribution in [0.2, 0.25) is 0 Å². The smallest absolute Gasteiger partial charge is 0.410 e. The second kappa shape index (κ2) is 7.86. The van der Waals surface area contributed by atoms with Gasteiger partial charge in [-0.2, -0.15) is 0 Å². The summed E-state index contributed by atoms with van der Waals surface area (Å²) in [5.41, 5.74) is -0.525. The predicted molar refractivity (Wildman–Crippen MR) is 85.7 cm³/mol. The van der Waals surface area contributed by atoms with Gasteiger partial charge in [0.25, 0.3) is 0 Å². The molecule has 0 aromatic carbocycles. The van der Waals surface area contributed by atoms with E-state index in [1.807, 2.05) is 27.7 Å². The van der Waals surface area contributed by atoms with Crippen LogP contribution in [0, 0.1) is 0 Å². The first-order valence-electron chi connectivity index (χ1n) is 7.69. The molecule has 2 atom stereocenters. The number of hydrogen-bond donors (Lipinski definition) is 0. The number of likely N-dealkylation sites (tertiary alicyclic amines) is 1. The number of carbonyl (C=O) groups excluding carboxylic acids is 2. The van der Waals surface area contributed by atoms with Crippen molar-refractivity contribution in [1.29, 1.82) is 0 Å². The molecule has 2 unspecified atom stereocenters. The lowest BCUT2D eigenvalue weighted by Crippen LogP contribution is -2.43. The van der Waals surface area contributed by atoms with Crippen molar-refractivity contribution in [2.24, 2.45) is 0 Å². The number of carbonyl (C=O) groups is 2. The monoisotopic (exact) mass is 331 g/mol. The van der Waals surface area contributed by atoms with Gasteiger partial charge in [0.15, 0.2) is 0 Å². The highest BCUT2D eigenvalue weighted by molar-refractivity contribution is 6.41. The van der Waals surface area contributed by atoms with Crippen molar-refractivity contribution in [3.8, 4) is 0 Å². The maximum Gasteiger partial charge on any atom is 0.410 e. The molecule has 1 aliphatic heterocycles. The minimum Gasteiger partial charge on any atom is -0.462 e. The van der Waals surface area contributed by atoms with Crippen LogP contribution >= 0.6 is 11.6 Å². The molecule has 0 bridgehead atoms. The normalized spacial score (nSPS) is 22.6. The van der Waals surface area contributed by atoms with Crippen molar-refractivity contribution in [1.82, 2.24) is 4.90 Å². The Morgan fingerprint density at radius 3 is 2.50 bits per heavy atom. The fourth-order valence-electron chi connectivity index (χ4n) is 2.47. The summed E-state index contributed by atoms with van der Waals surface area (Å²) in [4.78, 5) is 25.6. The van der Waals surface area contributed by atoms with Gasteiger partial charge in [0, 0.05) is 12.1 Å². The third-order valence-electron chi connectivity index (χ3n) is 3.43. The standard InChI is InChI=1S/C16H26ClNO4/c1-6-21-14(19)13(17)10-9-12-8-7-11(2)18(12)15(20)22-16(3,4)5/h10-12H,6-9H2,1-5H3/b13-10+. The van der Waals surface area contributed by atoms with Crippen LogP contribution in [0.1, 0.15) is 53.9 Å². The lowest BCUT2D eigenvalue weighted by Gasteiger charge is -2.31. The molecule has 0 aromatic rings. The number of hydrogen-bond acceptors (Lipinski definition) is 4. The summed E-state index contributed by atoms with van der Waals surface area (Å²) >= 11 is 5.91. The molecular formula is C16H26ClNO4. The van der Waals surface area contributed by atoms with Crippen molar-refractivity contribution in [2.45, 2.75) is 71.6 Å². The summed E-state index contributed by atoms with van der Waals surface area (Å²) in [6.45, 7) is 9.55. The van der Waals surface area contributed by atoms with E-state index in [0.29, 0.717) is 6.42 Å². The van der Waals surface area contributed by atoms with Crippen molar-refractivity contribution in [3.05, 3.63) is 11.1 Å². The van der Waals surface area contributed by atoms with Crippen molar-refractivity contribution >= 4 is 23.7 Å². The molecule has 1 amide bonds. The van der Waals surface area contributed by atoms with Gasteiger partial charge in [0.2, 0.25) is 0 Å². The van der Waals surface area contributed by atoms with Crippen LogP contribution in [0.5, 0.6) is 0 Å². The second-order valence-electron chi connectivity index (χ2n) is 6.48. The van der Waals surface area contributed by atoms with Gasteiger partial charge in [-0.05, 0) is 53.9 Å². The summed E-state index contributed by atoms with van der Waals surface area (Å²) < 4.78 is 10.3. The number of esters is 1. The van der Waals surface area contributed by atoms with E-state index in [0.717, 1.165) is 12.8 Å². The van der Waals surface area contributed by atoms with Crippen LogP contribution < -0.4 is 0 Å². The number of halogens is 1. The van der Waals surface area contributed by atoms with Crippen LogP contribution in [-0.4, -0.2) is 41.3 Å². The molecule has 0 saturated carbocycles. The molecule has 0 radical (unpaired) electrons. The summed E-state index contributed by atoms with van der Waals surface area (Å²) in [6.07, 6.45) is 3.60. The number of ether oxygens (including phenoxy) is 2. The molecule has 126 valence electrons. The van der Waals surface area contributed by atoms with Crippen LogP contribution in [0.3, 0.4) is 0 Å². The Morgan fingerprint density at radius 2 is 1.95 bits per heavy atom. The molecule has 1 saturated heterocycles. The summed E-state index contributed by atoms with van der Waals surface area (Å²) in [5.74, 6) is -0.529. The summed E-state index contributed by atoms with van der Waals surface area (Å²) in [7, 11) is 0. The SMILES string of the molecule is CCOC(=O)/C(Cl)=C\CC1CCC(C)N1C(=O)OC(C)(C)C. The van der Waals surface area contributed by atoms with E-state index in [4.69, 9.17) is 21.1 Å². The van der Waals surface area contributed by atoms with Crippen molar-refractivity contribution in [3.63, 3.8) is 0 Å². The Bertz CT molecular complexity index is 442. The molecule has 0 spiro atoms. The molecule has 0 N–H and O–H groups in total. The lowest BCUT2D eigenvalue weighted by molar-refractivity contribution is -0.137. The van der Waals surface area contributed by atoms with Gasteiger partial charge < -0.3 is 14.4 Å². The van der Waals surface area contributed by atoms with Crippen molar-refractivity contribution in [2.75, 3.05) is 6.61 Å². The van der Waals surface area contributed by atoms with Gasteiger partial charge in [-0.1, -0.05) is 17.7 Å². The van der Waals surface area contributed by atoms with Gasteiger partial charge in [0.1, 0.15) is 10.6 Å². The third kappa shape index (κ3) is 5.52. The van der Waals surface area contributed by atoms with Crippen LogP contribution in [0.25, 0.3) is 0 Å². The summed E-state index contributed by atoms with van der Waals surface area (Å²) in [6, 6.07) is 0.114. The van der Waals surface area contributed by atoms with E-state index in [-0.39, 0.29) is 29.8 Å². The molecule has 0 aliphatic carbocycles. The Labute approximate surface area is 137 Å². The average Bonchev–Trinajstić information content (AvgIpc) is 2.75. The largest absolute Gasteiger partial charge is 0.462 e. The van der Waals surface area contributed by atoms with E-state index in [1.54, 1.807) is 17.9 Å². The van der Waals surface area contributed by atoms with Gasteiger partial charge in [0.05, 0.1) is 6.61 Å². The first-order valence-corrected chi connectivity index (χ1v) is 8.07.